The summed E-state index contributed by atoms with van der Waals surface area (Å²) in [5, 5.41) is 10.7. The van der Waals surface area contributed by atoms with E-state index in [1.54, 1.807) is 12.2 Å². The van der Waals surface area contributed by atoms with E-state index in [4.69, 9.17) is 37.0 Å². The highest BCUT2D eigenvalue weighted by molar-refractivity contribution is 7.47. The molecule has 0 saturated carbocycles. The van der Waals surface area contributed by atoms with Crippen LogP contribution >= 0.6 is 15.6 Å². The molecular formula is C93H144O17P2. The smallest absolute Gasteiger partial charge is 0.462 e. The minimum absolute atomic E-state index is 0.00647. The maximum absolute atomic E-state index is 13.1. The number of aliphatic hydroxyl groups excluding tert-OH is 1. The molecule has 0 saturated heterocycles. The van der Waals surface area contributed by atoms with Crippen LogP contribution in [-0.4, -0.2) is 96.7 Å². The summed E-state index contributed by atoms with van der Waals surface area (Å²) in [5.41, 5.74) is 0. The van der Waals surface area contributed by atoms with Crippen LogP contribution in [0.1, 0.15) is 272 Å². The fourth-order valence-corrected chi connectivity index (χ4v) is 11.6. The van der Waals surface area contributed by atoms with E-state index >= 15 is 0 Å². The van der Waals surface area contributed by atoms with Gasteiger partial charge in [-0.2, -0.15) is 0 Å². The van der Waals surface area contributed by atoms with Gasteiger partial charge in [0.1, 0.15) is 19.3 Å². The molecule has 0 aromatic rings. The Hall–Kier alpha value is -6.88. The van der Waals surface area contributed by atoms with Crippen molar-refractivity contribution in [2.75, 3.05) is 39.6 Å². The van der Waals surface area contributed by atoms with E-state index in [9.17, 15) is 43.2 Å². The van der Waals surface area contributed by atoms with Gasteiger partial charge in [-0.25, -0.2) is 9.13 Å². The van der Waals surface area contributed by atoms with Crippen molar-refractivity contribution in [3.63, 3.8) is 0 Å². The second-order valence-electron chi connectivity index (χ2n) is 26.6. The Kier molecular flexibility index (Phi) is 77.1. The second-order valence-corrected chi connectivity index (χ2v) is 29.5. The van der Waals surface area contributed by atoms with Gasteiger partial charge in [0.25, 0.3) is 0 Å². The number of hydrogen-bond acceptors (Lipinski definition) is 15. The minimum atomic E-state index is -5.04. The van der Waals surface area contributed by atoms with Crippen LogP contribution in [0.5, 0.6) is 0 Å². The molecule has 0 bridgehead atoms. The molecule has 17 nitrogen and oxygen atoms in total. The third-order valence-electron chi connectivity index (χ3n) is 16.2. The van der Waals surface area contributed by atoms with Crippen LogP contribution in [0.4, 0.5) is 0 Å². The molecule has 0 aromatic carbocycles. The number of unbranched alkanes of at least 4 members (excludes halogenated alkanes) is 12. The lowest BCUT2D eigenvalue weighted by molar-refractivity contribution is -0.161. The first kappa shape index (κ1) is 105. The van der Waals surface area contributed by atoms with Crippen molar-refractivity contribution >= 4 is 39.5 Å². The first-order chi connectivity index (χ1) is 54.7. The predicted octanol–water partition coefficient (Wildman–Crippen LogP) is 25.0. The summed E-state index contributed by atoms with van der Waals surface area (Å²) < 4.78 is 68.5. The lowest BCUT2D eigenvalue weighted by Crippen LogP contribution is -2.30. The van der Waals surface area contributed by atoms with Crippen molar-refractivity contribution in [3.05, 3.63) is 231 Å². The van der Waals surface area contributed by atoms with Gasteiger partial charge < -0.3 is 33.8 Å². The van der Waals surface area contributed by atoms with Crippen LogP contribution in [0, 0.1) is 0 Å². The number of aliphatic hydroxyl groups is 1. The Balaban J connectivity index is 5.56. The molecule has 0 aliphatic carbocycles. The van der Waals surface area contributed by atoms with E-state index in [0.29, 0.717) is 32.1 Å². The predicted molar refractivity (Wildman–Crippen MR) is 463 cm³/mol. The molecule has 628 valence electrons. The molecule has 0 rings (SSSR count). The maximum atomic E-state index is 13.1. The van der Waals surface area contributed by atoms with Gasteiger partial charge in [-0.1, -0.05) is 310 Å². The Bertz CT molecular complexity index is 3040. The van der Waals surface area contributed by atoms with Crippen molar-refractivity contribution in [2.24, 2.45) is 0 Å². The van der Waals surface area contributed by atoms with Crippen LogP contribution in [-0.2, 0) is 65.4 Å². The summed E-state index contributed by atoms with van der Waals surface area (Å²) >= 11 is 0. The monoisotopic (exact) mass is 1590 g/mol. The Labute approximate surface area is 676 Å². The molecular weight excluding hydrogens is 1450 g/mol. The van der Waals surface area contributed by atoms with Gasteiger partial charge in [-0.3, -0.25) is 37.3 Å². The number of hydrogen-bond donors (Lipinski definition) is 3. The largest absolute Gasteiger partial charge is 0.472 e. The summed E-state index contributed by atoms with van der Waals surface area (Å²) in [6.07, 6.45) is 106. The molecule has 0 aliphatic rings. The van der Waals surface area contributed by atoms with Gasteiger partial charge in [-0.15, -0.1) is 0 Å². The number of allylic oxidation sites excluding steroid dienone is 37. The molecule has 0 heterocycles. The number of carbonyl (C=O) groups is 4. The third kappa shape index (κ3) is 81.1. The first-order valence-corrected chi connectivity index (χ1v) is 44.6. The van der Waals surface area contributed by atoms with Crippen LogP contribution in [0.2, 0.25) is 0 Å². The zero-order valence-electron chi connectivity index (χ0n) is 68.7. The van der Waals surface area contributed by atoms with Gasteiger partial charge in [0.15, 0.2) is 12.2 Å². The topological polar surface area (TPSA) is 237 Å². The molecule has 5 atom stereocenters. The van der Waals surface area contributed by atoms with E-state index in [-0.39, 0.29) is 25.7 Å². The average Bonchev–Trinajstić information content (AvgIpc) is 0.898. The Morgan fingerprint density at radius 2 is 0.491 bits per heavy atom. The van der Waals surface area contributed by atoms with Gasteiger partial charge in [0.2, 0.25) is 0 Å². The summed E-state index contributed by atoms with van der Waals surface area (Å²) in [6.45, 7) is 4.16. The lowest BCUT2D eigenvalue weighted by atomic mass is 10.1. The standard InChI is InChI=1S/C93H144O17P2/c1-5-9-13-17-21-25-29-33-37-40-43-46-50-53-57-61-65-69-73-77-90(95)103-83-88(109-92(97)79-75-71-67-63-59-55-49-36-32-28-24-20-16-12-8-4)85-107-111(99,100)105-81-87(94)82-106-112(101,102)108-86-89(110-93(98)80-76-72-68-64-60-56-52-48-45-42-39-35-31-27-23-19-15-11-7-3)84-104-91(96)78-74-70-66-62-58-54-51-47-44-41-38-34-30-26-22-18-14-10-6-2/h9-16,21-28,33-39,43-49,53,57,59,63,65,69,71,75,87-89,94H,5-8,17-20,29-32,40-42,50-52,54-56,58,60-62,64,66-68,70,72-74,76-86H2,1-4H3,(H,99,100)(H,101,102)/b13-9-,14-10-,15-11-,16-12-,25-21-,26-22-,27-23-,28-24-,37-33-,38-34-,39-35-,46-43-,47-44-,48-45-,49-36-,57-53-,63-59-,69-65-,75-71-. The molecule has 0 amide bonds. The molecule has 0 aliphatic heterocycles. The van der Waals surface area contributed by atoms with Crippen molar-refractivity contribution < 1.29 is 80.2 Å². The molecule has 3 N–H and O–H groups in total. The van der Waals surface area contributed by atoms with E-state index in [1.165, 1.54) is 0 Å². The van der Waals surface area contributed by atoms with Gasteiger partial charge in [0, 0.05) is 19.3 Å². The average molecular weight is 1600 g/mol. The third-order valence-corrected chi connectivity index (χ3v) is 18.1. The molecule has 5 unspecified atom stereocenters. The molecule has 0 radical (unpaired) electrons. The molecule has 0 spiro atoms. The lowest BCUT2D eigenvalue weighted by Gasteiger charge is -2.21. The van der Waals surface area contributed by atoms with Crippen molar-refractivity contribution in [3.8, 4) is 0 Å². The van der Waals surface area contributed by atoms with Crippen molar-refractivity contribution in [1.82, 2.24) is 0 Å². The number of phosphoric ester groups is 2. The van der Waals surface area contributed by atoms with E-state index < -0.39 is 97.5 Å². The Morgan fingerprint density at radius 3 is 0.804 bits per heavy atom. The Morgan fingerprint density at radius 1 is 0.259 bits per heavy atom. The van der Waals surface area contributed by atoms with Crippen LogP contribution in [0.25, 0.3) is 0 Å². The number of carbonyl (C=O) groups excluding carboxylic acids is 4. The van der Waals surface area contributed by atoms with Crippen LogP contribution < -0.4 is 0 Å². The SMILES string of the molecule is CC/C=C\C/C=C\C/C=C\C/C=C\C/C=C\C/C=C\CCC(=O)OCC(COP(=O)(O)OCC(O)COP(=O)(O)OCC(COC(=O)CCCCCCCC/C=C\C/C=C\C/C=C\C/C=C\CC)OC(=O)CCCCCCCC/C=C\C/C=C\C/C=C\C/C=C\CC)OC(=O)C/C=C\C/C=C\C/C=C\C/C=C\C/C=C\CC. The highest BCUT2D eigenvalue weighted by Crippen LogP contribution is 2.45. The van der Waals surface area contributed by atoms with Crippen LogP contribution in [0.3, 0.4) is 0 Å². The number of rotatable bonds is 75. The van der Waals surface area contributed by atoms with E-state index in [1.807, 2.05) is 30.4 Å². The zero-order valence-corrected chi connectivity index (χ0v) is 70.5. The minimum Gasteiger partial charge on any atom is -0.462 e. The molecule has 0 fully saturated rings. The summed E-state index contributed by atoms with van der Waals surface area (Å²) in [5.74, 6) is -2.48. The number of phosphoric acid groups is 2. The number of esters is 4. The highest BCUT2D eigenvalue weighted by Gasteiger charge is 2.30. The van der Waals surface area contributed by atoms with Gasteiger partial charge in [0.05, 0.1) is 32.8 Å². The quantitative estimate of drug-likeness (QED) is 0.0169. The normalized spacial score (nSPS) is 15.0. The first-order valence-electron chi connectivity index (χ1n) is 41.6. The maximum Gasteiger partial charge on any atom is 0.472 e. The summed E-state index contributed by atoms with van der Waals surface area (Å²) in [7, 11) is -10.1. The van der Waals surface area contributed by atoms with Crippen LogP contribution in [0.15, 0.2) is 231 Å². The zero-order chi connectivity index (χ0) is 81.7. The molecule has 19 heteroatoms. The summed E-state index contributed by atoms with van der Waals surface area (Å²) in [4.78, 5) is 73.1. The highest BCUT2D eigenvalue weighted by atomic mass is 31.2. The fourth-order valence-electron chi connectivity index (χ4n) is 10.0. The van der Waals surface area contributed by atoms with Crippen molar-refractivity contribution in [1.29, 1.82) is 0 Å². The van der Waals surface area contributed by atoms with Gasteiger partial charge in [-0.05, 0) is 167 Å². The van der Waals surface area contributed by atoms with Crippen molar-refractivity contribution in [2.45, 2.75) is 290 Å². The number of ether oxygens (including phenoxy) is 4. The van der Waals surface area contributed by atoms with Gasteiger partial charge >= 0.3 is 39.5 Å². The van der Waals surface area contributed by atoms with E-state index in [2.05, 4.69) is 216 Å². The molecule has 112 heavy (non-hydrogen) atoms. The molecule has 0 aromatic heterocycles. The van der Waals surface area contributed by atoms with E-state index in [0.717, 1.165) is 186 Å². The fraction of sp³-hybridized carbons (Fsp3) is 0.548. The second kappa shape index (κ2) is 82.1. The summed E-state index contributed by atoms with van der Waals surface area (Å²) in [6, 6.07) is 0.